The molecule has 1 aliphatic carbocycles. The summed E-state index contributed by atoms with van der Waals surface area (Å²) in [6, 6.07) is 2.87. The molecule has 1 saturated carbocycles. The van der Waals surface area contributed by atoms with Crippen molar-refractivity contribution in [3.8, 4) is 6.07 Å². The van der Waals surface area contributed by atoms with Crippen molar-refractivity contribution < 1.29 is 32.9 Å². The van der Waals surface area contributed by atoms with Gasteiger partial charge in [-0.1, -0.05) is 0 Å². The Balaban J connectivity index is 2.29. The zero-order valence-electron chi connectivity index (χ0n) is 12.5. The summed E-state index contributed by atoms with van der Waals surface area (Å²) in [5.41, 5.74) is 2.36. The van der Waals surface area contributed by atoms with Crippen LogP contribution in [0.2, 0.25) is 0 Å². The topological polar surface area (TPSA) is 151 Å². The van der Waals surface area contributed by atoms with Crippen molar-refractivity contribution in [3.05, 3.63) is 22.7 Å². The minimum absolute atomic E-state index is 0.141. The molecule has 9 nitrogen and oxygen atoms in total. The molecule has 0 bridgehead atoms. The molecule has 1 fully saturated rings. The third-order valence-corrected chi connectivity index (χ3v) is 3.98. The highest BCUT2D eigenvalue weighted by atomic mass is 19.4. The Morgan fingerprint density at radius 3 is 2.72 bits per heavy atom. The fourth-order valence-corrected chi connectivity index (χ4v) is 2.73. The average Bonchev–Trinajstić information content (AvgIpc) is 2.77. The standard InChI is InChI=1S/C13H13F3N4O5/c14-13(15,16)10(23)25-4-6-3-12(5-17,9(22)8(6)21)20-2-1-7(18)19-11(20)24/h1-2,6,8-9,21-22H,3-4H2,(H2,18,19,24)/t6-,8?,9?,12+/m1/s1. The summed E-state index contributed by atoms with van der Waals surface area (Å²) in [6.45, 7) is -0.892. The van der Waals surface area contributed by atoms with E-state index in [-0.39, 0.29) is 5.82 Å². The van der Waals surface area contributed by atoms with Gasteiger partial charge in [-0.2, -0.15) is 23.4 Å². The van der Waals surface area contributed by atoms with Crippen LogP contribution < -0.4 is 11.4 Å². The van der Waals surface area contributed by atoms with Gasteiger partial charge in [0, 0.05) is 12.1 Å². The fourth-order valence-electron chi connectivity index (χ4n) is 2.73. The molecule has 0 aromatic carbocycles. The Kier molecular flexibility index (Phi) is 4.74. The van der Waals surface area contributed by atoms with Crippen LogP contribution in [0.25, 0.3) is 0 Å². The lowest BCUT2D eigenvalue weighted by atomic mass is 9.95. The number of nitriles is 1. The summed E-state index contributed by atoms with van der Waals surface area (Å²) in [4.78, 5) is 26.1. The molecule has 2 unspecified atom stereocenters. The van der Waals surface area contributed by atoms with E-state index in [2.05, 4.69) is 9.72 Å². The van der Waals surface area contributed by atoms with Crippen LogP contribution >= 0.6 is 0 Å². The molecule has 1 aliphatic rings. The molecule has 0 spiro atoms. The number of nitrogens with two attached hydrogens (primary N) is 1. The summed E-state index contributed by atoms with van der Waals surface area (Å²) >= 11 is 0. The van der Waals surface area contributed by atoms with Gasteiger partial charge in [0.05, 0.1) is 18.8 Å². The molecule has 136 valence electrons. The predicted molar refractivity (Wildman–Crippen MR) is 73.6 cm³/mol. The number of halogens is 3. The van der Waals surface area contributed by atoms with E-state index in [0.29, 0.717) is 0 Å². The maximum Gasteiger partial charge on any atom is 0.490 e. The highest BCUT2D eigenvalue weighted by Gasteiger charge is 2.56. The van der Waals surface area contributed by atoms with E-state index in [4.69, 9.17) is 5.73 Å². The smallest absolute Gasteiger partial charge is 0.459 e. The zero-order valence-corrected chi connectivity index (χ0v) is 12.5. The molecule has 0 radical (unpaired) electrons. The van der Waals surface area contributed by atoms with E-state index < -0.39 is 54.5 Å². The Labute approximate surface area is 138 Å². The summed E-state index contributed by atoms with van der Waals surface area (Å²) in [6.07, 6.45) is -8.11. The SMILES string of the molecule is N#C[C@@]1(n2ccc(N)nc2=O)C[C@H](COC(=O)C(F)(F)F)C(O)C1O. The maximum absolute atomic E-state index is 12.2. The van der Waals surface area contributed by atoms with Crippen LogP contribution in [-0.2, 0) is 15.1 Å². The van der Waals surface area contributed by atoms with Crippen LogP contribution in [0.4, 0.5) is 19.0 Å². The van der Waals surface area contributed by atoms with Gasteiger partial charge in [0.2, 0.25) is 0 Å². The van der Waals surface area contributed by atoms with E-state index in [1.807, 2.05) is 0 Å². The van der Waals surface area contributed by atoms with Gasteiger partial charge in [0.25, 0.3) is 0 Å². The lowest BCUT2D eigenvalue weighted by Gasteiger charge is -2.27. The lowest BCUT2D eigenvalue weighted by molar-refractivity contribution is -0.201. The fraction of sp³-hybridized carbons (Fsp3) is 0.538. The molecule has 1 aromatic heterocycles. The number of hydrogen-bond donors (Lipinski definition) is 3. The van der Waals surface area contributed by atoms with Gasteiger partial charge >= 0.3 is 17.8 Å². The summed E-state index contributed by atoms with van der Waals surface area (Å²) in [5, 5.41) is 29.7. The number of aromatic nitrogens is 2. The minimum Gasteiger partial charge on any atom is -0.459 e. The third-order valence-electron chi connectivity index (χ3n) is 3.98. The number of rotatable bonds is 3. The second-order valence-electron chi connectivity index (χ2n) is 5.54. The van der Waals surface area contributed by atoms with Crippen LogP contribution in [-0.4, -0.2) is 50.7 Å². The van der Waals surface area contributed by atoms with Crippen LogP contribution in [0.1, 0.15) is 6.42 Å². The highest BCUT2D eigenvalue weighted by Crippen LogP contribution is 2.40. The largest absolute Gasteiger partial charge is 0.490 e. The molecule has 4 atom stereocenters. The second kappa shape index (κ2) is 6.34. The number of aliphatic hydroxyl groups excluding tert-OH is 2. The quantitative estimate of drug-likeness (QED) is 0.573. The molecular weight excluding hydrogens is 349 g/mol. The van der Waals surface area contributed by atoms with E-state index in [1.54, 1.807) is 6.07 Å². The monoisotopic (exact) mass is 362 g/mol. The molecular formula is C13H13F3N4O5. The number of anilines is 1. The Morgan fingerprint density at radius 1 is 1.56 bits per heavy atom. The van der Waals surface area contributed by atoms with Crippen molar-refractivity contribution in [2.45, 2.75) is 30.3 Å². The van der Waals surface area contributed by atoms with Crippen molar-refractivity contribution in [3.63, 3.8) is 0 Å². The number of carbonyl (C=O) groups excluding carboxylic acids is 1. The van der Waals surface area contributed by atoms with Gasteiger partial charge in [-0.05, 0) is 12.5 Å². The van der Waals surface area contributed by atoms with Crippen molar-refractivity contribution in [2.24, 2.45) is 5.92 Å². The van der Waals surface area contributed by atoms with E-state index in [0.717, 1.165) is 10.8 Å². The molecule has 0 amide bonds. The van der Waals surface area contributed by atoms with Crippen LogP contribution in [0.3, 0.4) is 0 Å². The van der Waals surface area contributed by atoms with Crippen LogP contribution in [0.5, 0.6) is 0 Å². The Bertz CT molecular complexity index is 774. The Hall–Kier alpha value is -2.65. The summed E-state index contributed by atoms with van der Waals surface area (Å²) < 4.78 is 41.3. The first-order valence-corrected chi connectivity index (χ1v) is 6.90. The predicted octanol–water partition coefficient (Wildman–Crippen LogP) is -1.11. The Morgan fingerprint density at radius 2 is 2.20 bits per heavy atom. The van der Waals surface area contributed by atoms with Crippen molar-refractivity contribution in [1.29, 1.82) is 5.26 Å². The zero-order chi connectivity index (χ0) is 19.0. The van der Waals surface area contributed by atoms with Gasteiger partial charge in [-0.15, -0.1) is 0 Å². The molecule has 25 heavy (non-hydrogen) atoms. The number of ether oxygens (including phenoxy) is 1. The number of aliphatic hydroxyl groups is 2. The third kappa shape index (κ3) is 3.28. The summed E-state index contributed by atoms with van der Waals surface area (Å²) in [5.74, 6) is -3.81. The van der Waals surface area contributed by atoms with Crippen molar-refractivity contribution >= 4 is 11.8 Å². The van der Waals surface area contributed by atoms with Crippen molar-refractivity contribution in [2.75, 3.05) is 12.3 Å². The first kappa shape index (κ1) is 18.7. The number of esters is 1. The summed E-state index contributed by atoms with van der Waals surface area (Å²) in [7, 11) is 0. The second-order valence-corrected chi connectivity index (χ2v) is 5.54. The lowest BCUT2D eigenvalue weighted by Crippen LogP contribution is -2.48. The molecule has 1 heterocycles. The number of hydrogen-bond acceptors (Lipinski definition) is 8. The number of nitrogens with zero attached hydrogens (tertiary/aromatic N) is 3. The maximum atomic E-state index is 12.2. The van der Waals surface area contributed by atoms with Crippen molar-refractivity contribution in [1.82, 2.24) is 9.55 Å². The molecule has 0 saturated heterocycles. The molecule has 2 rings (SSSR count). The van der Waals surface area contributed by atoms with Gasteiger partial charge in [0.1, 0.15) is 11.9 Å². The normalized spacial score (nSPS) is 29.2. The molecule has 12 heteroatoms. The van der Waals surface area contributed by atoms with E-state index >= 15 is 0 Å². The van der Waals surface area contributed by atoms with Gasteiger partial charge in [-0.25, -0.2) is 9.59 Å². The molecule has 0 aliphatic heterocycles. The molecule has 1 aromatic rings. The van der Waals surface area contributed by atoms with Crippen LogP contribution in [0.15, 0.2) is 17.1 Å². The van der Waals surface area contributed by atoms with E-state index in [1.165, 1.54) is 6.07 Å². The van der Waals surface area contributed by atoms with Gasteiger partial charge in [-0.3, -0.25) is 4.57 Å². The first-order chi connectivity index (χ1) is 11.5. The number of nitrogen functional groups attached to an aromatic ring is 1. The minimum atomic E-state index is -5.22. The number of alkyl halides is 3. The molecule has 4 N–H and O–H groups in total. The average molecular weight is 362 g/mol. The van der Waals surface area contributed by atoms with Crippen LogP contribution in [0, 0.1) is 17.2 Å². The first-order valence-electron chi connectivity index (χ1n) is 6.90. The van der Waals surface area contributed by atoms with Gasteiger partial charge in [0.15, 0.2) is 5.54 Å². The highest BCUT2D eigenvalue weighted by molar-refractivity contribution is 5.75. The van der Waals surface area contributed by atoms with E-state index in [9.17, 15) is 38.2 Å². The number of carbonyl (C=O) groups is 1. The van der Waals surface area contributed by atoms with Gasteiger partial charge < -0.3 is 20.7 Å².